The van der Waals surface area contributed by atoms with Crippen molar-refractivity contribution in [3.05, 3.63) is 93.7 Å². The zero-order chi connectivity index (χ0) is 21.6. The van der Waals surface area contributed by atoms with Crippen molar-refractivity contribution in [1.29, 1.82) is 0 Å². The van der Waals surface area contributed by atoms with Gasteiger partial charge in [-0.05, 0) is 55.2 Å². The van der Waals surface area contributed by atoms with Crippen LogP contribution >= 0.6 is 15.9 Å². The predicted octanol–water partition coefficient (Wildman–Crippen LogP) is 6.87. The topological polar surface area (TPSA) is 21.7 Å². The molecule has 0 saturated carbocycles. The van der Waals surface area contributed by atoms with Crippen molar-refractivity contribution < 1.29 is 13.9 Å². The zero-order valence-electron chi connectivity index (χ0n) is 17.7. The van der Waals surface area contributed by atoms with Gasteiger partial charge in [0.15, 0.2) is 0 Å². The minimum atomic E-state index is -0.306. The number of halogens is 2. The van der Waals surface area contributed by atoms with Crippen molar-refractivity contribution in [3.8, 4) is 11.5 Å². The molecule has 31 heavy (non-hydrogen) atoms. The predicted molar refractivity (Wildman–Crippen MR) is 125 cm³/mol. The van der Waals surface area contributed by atoms with Crippen LogP contribution in [0.2, 0.25) is 0 Å². The molecular formula is C26H27BrFNO2. The van der Waals surface area contributed by atoms with Gasteiger partial charge in [0, 0.05) is 42.3 Å². The molecule has 0 aliphatic carbocycles. The molecule has 0 N–H and O–H groups in total. The molecule has 1 saturated heterocycles. The highest BCUT2D eigenvalue weighted by Crippen LogP contribution is 2.29. The first-order valence-corrected chi connectivity index (χ1v) is 11.5. The second-order valence-corrected chi connectivity index (χ2v) is 8.92. The third kappa shape index (κ3) is 6.16. The van der Waals surface area contributed by atoms with E-state index in [9.17, 15) is 4.39 Å². The van der Waals surface area contributed by atoms with Crippen molar-refractivity contribution in [2.24, 2.45) is 0 Å². The van der Waals surface area contributed by atoms with E-state index in [-0.39, 0.29) is 11.9 Å². The summed E-state index contributed by atoms with van der Waals surface area (Å²) in [6.07, 6.45) is 2.46. The highest BCUT2D eigenvalue weighted by atomic mass is 79.9. The Morgan fingerprint density at radius 1 is 1.03 bits per heavy atom. The number of hydrogen-bond donors (Lipinski definition) is 0. The monoisotopic (exact) mass is 483 g/mol. The van der Waals surface area contributed by atoms with Crippen LogP contribution in [0.4, 0.5) is 4.39 Å². The number of nitrogens with zero attached hydrogens (tertiary/aromatic N) is 1. The van der Waals surface area contributed by atoms with E-state index < -0.39 is 0 Å². The second kappa shape index (κ2) is 10.4. The van der Waals surface area contributed by atoms with Crippen LogP contribution in [-0.4, -0.2) is 24.2 Å². The number of para-hydroxylation sites is 1. The molecule has 0 aromatic heterocycles. The Hall–Kier alpha value is -2.21. The average molecular weight is 484 g/mol. The van der Waals surface area contributed by atoms with Gasteiger partial charge >= 0.3 is 0 Å². The van der Waals surface area contributed by atoms with Crippen molar-refractivity contribution in [2.45, 2.75) is 39.0 Å². The van der Waals surface area contributed by atoms with Crippen LogP contribution in [-0.2, 0) is 17.8 Å². The SMILES string of the molecule is Cc1ccc(CN(Cc2ccccc2Oc2cccc(F)c2)CC2CCCO2)c(Br)c1. The molecular weight excluding hydrogens is 457 g/mol. The summed E-state index contributed by atoms with van der Waals surface area (Å²) in [5.74, 6) is 0.937. The molecule has 1 atom stereocenters. The normalized spacial score (nSPS) is 16.1. The van der Waals surface area contributed by atoms with E-state index in [0.29, 0.717) is 12.3 Å². The van der Waals surface area contributed by atoms with E-state index in [1.165, 1.54) is 23.3 Å². The Morgan fingerprint density at radius 2 is 1.87 bits per heavy atom. The lowest BCUT2D eigenvalue weighted by Gasteiger charge is -2.27. The summed E-state index contributed by atoms with van der Waals surface area (Å²) in [6.45, 7) is 5.31. The highest BCUT2D eigenvalue weighted by Gasteiger charge is 2.21. The first kappa shape index (κ1) is 22.0. The molecule has 1 heterocycles. The molecule has 3 aromatic carbocycles. The number of hydrogen-bond acceptors (Lipinski definition) is 3. The summed E-state index contributed by atoms with van der Waals surface area (Å²) in [7, 11) is 0. The van der Waals surface area contributed by atoms with Crippen LogP contribution in [0, 0.1) is 12.7 Å². The lowest BCUT2D eigenvalue weighted by molar-refractivity contribution is 0.0676. The minimum absolute atomic E-state index is 0.250. The third-order valence-corrected chi connectivity index (χ3v) is 6.22. The fraction of sp³-hybridized carbons (Fsp3) is 0.308. The fourth-order valence-corrected chi connectivity index (χ4v) is 4.53. The summed E-state index contributed by atoms with van der Waals surface area (Å²) in [6, 6.07) is 20.7. The molecule has 3 nitrogen and oxygen atoms in total. The van der Waals surface area contributed by atoms with Crippen LogP contribution in [0.15, 0.2) is 71.2 Å². The van der Waals surface area contributed by atoms with Crippen LogP contribution in [0.25, 0.3) is 0 Å². The molecule has 5 heteroatoms. The van der Waals surface area contributed by atoms with Gasteiger partial charge < -0.3 is 9.47 Å². The maximum absolute atomic E-state index is 13.6. The van der Waals surface area contributed by atoms with Crippen LogP contribution in [0.5, 0.6) is 11.5 Å². The Kier molecular flexibility index (Phi) is 7.38. The molecule has 1 fully saturated rings. The van der Waals surface area contributed by atoms with Gasteiger partial charge in [-0.2, -0.15) is 0 Å². The lowest BCUT2D eigenvalue weighted by Crippen LogP contribution is -2.31. The Labute approximate surface area is 191 Å². The van der Waals surface area contributed by atoms with Gasteiger partial charge in [0.2, 0.25) is 0 Å². The second-order valence-electron chi connectivity index (χ2n) is 8.07. The van der Waals surface area contributed by atoms with Gasteiger partial charge in [-0.25, -0.2) is 4.39 Å². The Bertz CT molecular complexity index is 1020. The van der Waals surface area contributed by atoms with E-state index >= 15 is 0 Å². The first-order valence-electron chi connectivity index (χ1n) is 10.7. The standard InChI is InChI=1S/C26H27BrFNO2/c1-19-11-12-20(25(27)14-19)16-29(18-24-9-5-13-30-24)17-21-6-2-3-10-26(21)31-23-8-4-7-22(28)15-23/h2-4,6-8,10-12,14-15,24H,5,9,13,16-18H2,1H3. The van der Waals surface area contributed by atoms with Crippen LogP contribution in [0.1, 0.15) is 29.5 Å². The van der Waals surface area contributed by atoms with Crippen molar-refractivity contribution >= 4 is 15.9 Å². The molecule has 0 spiro atoms. The van der Waals surface area contributed by atoms with E-state index in [1.807, 2.05) is 18.2 Å². The number of rotatable bonds is 8. The first-order chi connectivity index (χ1) is 15.1. The van der Waals surface area contributed by atoms with Crippen molar-refractivity contribution in [3.63, 3.8) is 0 Å². The number of aryl methyl sites for hydroxylation is 1. The van der Waals surface area contributed by atoms with Crippen molar-refractivity contribution in [2.75, 3.05) is 13.2 Å². The molecule has 0 radical (unpaired) electrons. The van der Waals surface area contributed by atoms with E-state index in [2.05, 4.69) is 52.0 Å². The van der Waals surface area contributed by atoms with Crippen molar-refractivity contribution in [1.82, 2.24) is 4.90 Å². The Balaban J connectivity index is 1.56. The molecule has 0 bridgehead atoms. The smallest absolute Gasteiger partial charge is 0.131 e. The maximum atomic E-state index is 13.6. The number of benzene rings is 3. The summed E-state index contributed by atoms with van der Waals surface area (Å²) in [5.41, 5.74) is 3.54. The summed E-state index contributed by atoms with van der Waals surface area (Å²) < 4.78 is 26.7. The summed E-state index contributed by atoms with van der Waals surface area (Å²) in [4.78, 5) is 2.40. The fourth-order valence-electron chi connectivity index (χ4n) is 3.92. The van der Waals surface area contributed by atoms with Gasteiger partial charge in [-0.1, -0.05) is 52.3 Å². The van der Waals surface area contributed by atoms with Gasteiger partial charge in [-0.15, -0.1) is 0 Å². The van der Waals surface area contributed by atoms with Crippen LogP contribution < -0.4 is 4.74 Å². The molecule has 1 aliphatic rings. The van der Waals surface area contributed by atoms with Crippen LogP contribution in [0.3, 0.4) is 0 Å². The minimum Gasteiger partial charge on any atom is -0.457 e. The quantitative estimate of drug-likeness (QED) is 0.348. The molecule has 4 rings (SSSR count). The lowest BCUT2D eigenvalue weighted by atomic mass is 10.1. The molecule has 1 unspecified atom stereocenters. The molecule has 1 aliphatic heterocycles. The van der Waals surface area contributed by atoms with E-state index in [4.69, 9.17) is 9.47 Å². The molecule has 162 valence electrons. The van der Waals surface area contributed by atoms with E-state index in [0.717, 1.165) is 48.3 Å². The average Bonchev–Trinajstić information content (AvgIpc) is 3.24. The van der Waals surface area contributed by atoms with Gasteiger partial charge in [-0.3, -0.25) is 4.90 Å². The van der Waals surface area contributed by atoms with Gasteiger partial charge in [0.25, 0.3) is 0 Å². The molecule has 0 amide bonds. The number of ether oxygens (including phenoxy) is 2. The maximum Gasteiger partial charge on any atom is 0.131 e. The largest absolute Gasteiger partial charge is 0.457 e. The Morgan fingerprint density at radius 3 is 2.65 bits per heavy atom. The summed E-state index contributed by atoms with van der Waals surface area (Å²) in [5, 5.41) is 0. The molecule has 3 aromatic rings. The highest BCUT2D eigenvalue weighted by molar-refractivity contribution is 9.10. The zero-order valence-corrected chi connectivity index (χ0v) is 19.3. The van der Waals surface area contributed by atoms with E-state index in [1.54, 1.807) is 12.1 Å². The third-order valence-electron chi connectivity index (χ3n) is 5.48. The van der Waals surface area contributed by atoms with Gasteiger partial charge in [0.1, 0.15) is 17.3 Å². The van der Waals surface area contributed by atoms with Gasteiger partial charge in [0.05, 0.1) is 6.10 Å². The summed E-state index contributed by atoms with van der Waals surface area (Å²) >= 11 is 3.72.